The lowest BCUT2D eigenvalue weighted by molar-refractivity contribution is 0.761. The first-order chi connectivity index (χ1) is 11.6. The Bertz CT molecular complexity index is 852. The van der Waals surface area contributed by atoms with Crippen LogP contribution in [0.1, 0.15) is 37.3 Å². The van der Waals surface area contributed by atoms with E-state index >= 15 is 0 Å². The summed E-state index contributed by atoms with van der Waals surface area (Å²) < 4.78 is 0. The van der Waals surface area contributed by atoms with Gasteiger partial charge in [0.05, 0.1) is 0 Å². The summed E-state index contributed by atoms with van der Waals surface area (Å²) in [4.78, 5) is 2.20. The average Bonchev–Trinajstić information content (AvgIpc) is 3.16. The zero-order valence-electron chi connectivity index (χ0n) is 15.0. The normalized spacial score (nSPS) is 18.3. The number of fused-ring (bicyclic) bond motifs is 3. The molecule has 0 heterocycles. The molecule has 0 aliphatic heterocycles. The van der Waals surface area contributed by atoms with Gasteiger partial charge in [0.2, 0.25) is 0 Å². The van der Waals surface area contributed by atoms with E-state index in [1.54, 1.807) is 0 Å². The van der Waals surface area contributed by atoms with Crippen LogP contribution >= 0.6 is 0 Å². The molecule has 1 atom stereocenters. The van der Waals surface area contributed by atoms with E-state index in [1.807, 2.05) is 0 Å². The number of benzene rings is 2. The van der Waals surface area contributed by atoms with Gasteiger partial charge in [0, 0.05) is 25.7 Å². The van der Waals surface area contributed by atoms with Crippen LogP contribution in [-0.4, -0.2) is 14.1 Å². The lowest BCUT2D eigenvalue weighted by atomic mass is 9.82. The molecule has 24 heavy (non-hydrogen) atoms. The van der Waals surface area contributed by atoms with Crippen molar-refractivity contribution in [2.75, 3.05) is 19.0 Å². The monoisotopic (exact) mass is 315 g/mol. The molecule has 0 saturated heterocycles. The smallest absolute Gasteiger partial charge is 0.0364 e. The molecule has 0 bridgehead atoms. The molecule has 0 spiro atoms. The number of nitrogens with zero attached hydrogens (tertiary/aromatic N) is 1. The summed E-state index contributed by atoms with van der Waals surface area (Å²) in [5.41, 5.74) is 10.0. The fourth-order valence-electron chi connectivity index (χ4n) is 4.21. The van der Waals surface area contributed by atoms with Crippen LogP contribution in [0, 0.1) is 5.92 Å². The van der Waals surface area contributed by atoms with E-state index in [4.69, 9.17) is 0 Å². The van der Waals surface area contributed by atoms with Crippen LogP contribution in [0.4, 0.5) is 5.69 Å². The van der Waals surface area contributed by atoms with Crippen molar-refractivity contribution in [2.45, 2.75) is 26.2 Å². The fourth-order valence-corrected chi connectivity index (χ4v) is 4.21. The van der Waals surface area contributed by atoms with E-state index in [0.29, 0.717) is 11.8 Å². The first kappa shape index (κ1) is 15.3. The molecule has 4 rings (SSSR count). The number of hydrogen-bond acceptors (Lipinski definition) is 1. The van der Waals surface area contributed by atoms with Gasteiger partial charge in [-0.15, -0.1) is 0 Å². The van der Waals surface area contributed by atoms with E-state index in [0.717, 1.165) is 6.42 Å². The highest BCUT2D eigenvalue weighted by molar-refractivity contribution is 5.83. The minimum absolute atomic E-state index is 0.382. The third kappa shape index (κ3) is 2.23. The van der Waals surface area contributed by atoms with Crippen LogP contribution in [0.5, 0.6) is 0 Å². The van der Waals surface area contributed by atoms with E-state index in [-0.39, 0.29) is 0 Å². The predicted octanol–water partition coefficient (Wildman–Crippen LogP) is 5.78. The second kappa shape index (κ2) is 5.66. The standard InChI is InChI=1S/C23H25N/c1-15(2)17-10-7-11-20(17)23-21-9-6-5-8-18(21)19-13-12-16(24(3)4)14-22(19)23/h5-6,8-15,23H,7H2,1-4H3. The molecule has 1 heteroatoms. The molecular weight excluding hydrogens is 290 g/mol. The molecule has 2 aliphatic rings. The molecule has 0 amide bonds. The van der Waals surface area contributed by atoms with Crippen LogP contribution in [0.25, 0.3) is 11.1 Å². The summed E-state index contributed by atoms with van der Waals surface area (Å²) in [5.74, 6) is 0.958. The van der Waals surface area contributed by atoms with Gasteiger partial charge in [0.15, 0.2) is 0 Å². The van der Waals surface area contributed by atoms with Gasteiger partial charge >= 0.3 is 0 Å². The van der Waals surface area contributed by atoms with Crippen molar-refractivity contribution < 1.29 is 0 Å². The molecule has 2 aromatic rings. The van der Waals surface area contributed by atoms with Crippen LogP contribution in [0.15, 0.2) is 65.8 Å². The highest BCUT2D eigenvalue weighted by Crippen LogP contribution is 2.52. The molecule has 2 aliphatic carbocycles. The molecule has 0 saturated carbocycles. The van der Waals surface area contributed by atoms with Gasteiger partial charge in [-0.25, -0.2) is 0 Å². The maximum absolute atomic E-state index is 2.44. The average molecular weight is 315 g/mol. The van der Waals surface area contributed by atoms with Crippen molar-refractivity contribution in [3.63, 3.8) is 0 Å². The summed E-state index contributed by atoms with van der Waals surface area (Å²) >= 11 is 0. The maximum atomic E-state index is 2.44. The molecule has 0 fully saturated rings. The summed E-state index contributed by atoms with van der Waals surface area (Å²) in [6.07, 6.45) is 5.93. The van der Waals surface area contributed by atoms with Crippen LogP contribution in [0.2, 0.25) is 0 Å². The first-order valence-electron chi connectivity index (χ1n) is 8.89. The van der Waals surface area contributed by atoms with Gasteiger partial charge in [-0.05, 0) is 57.9 Å². The number of rotatable bonds is 3. The Labute approximate surface area is 145 Å². The molecule has 2 aromatic carbocycles. The Balaban J connectivity index is 1.92. The van der Waals surface area contributed by atoms with E-state index in [9.17, 15) is 0 Å². The Kier molecular flexibility index (Phi) is 3.60. The highest BCUT2D eigenvalue weighted by atomic mass is 15.1. The quantitative estimate of drug-likeness (QED) is 0.694. The minimum atomic E-state index is 0.382. The van der Waals surface area contributed by atoms with Gasteiger partial charge < -0.3 is 4.90 Å². The number of anilines is 1. The zero-order chi connectivity index (χ0) is 16.8. The highest BCUT2D eigenvalue weighted by Gasteiger charge is 2.33. The van der Waals surface area contributed by atoms with Gasteiger partial charge in [0.25, 0.3) is 0 Å². The van der Waals surface area contributed by atoms with Crippen molar-refractivity contribution in [1.29, 1.82) is 0 Å². The van der Waals surface area contributed by atoms with Crippen molar-refractivity contribution in [3.05, 3.63) is 76.9 Å². The van der Waals surface area contributed by atoms with Gasteiger partial charge in [0.1, 0.15) is 0 Å². The van der Waals surface area contributed by atoms with Crippen LogP contribution < -0.4 is 4.90 Å². The summed E-state index contributed by atoms with van der Waals surface area (Å²) in [6, 6.07) is 15.9. The molecular formula is C23H25N. The van der Waals surface area contributed by atoms with E-state index in [1.165, 1.54) is 39.1 Å². The lowest BCUT2D eigenvalue weighted by Gasteiger charge is -2.22. The molecule has 122 valence electrons. The summed E-state index contributed by atoms with van der Waals surface area (Å²) in [5, 5.41) is 0. The van der Waals surface area contributed by atoms with Gasteiger partial charge in [-0.2, -0.15) is 0 Å². The fraction of sp³-hybridized carbons (Fsp3) is 0.304. The summed E-state index contributed by atoms with van der Waals surface area (Å²) in [6.45, 7) is 4.62. The van der Waals surface area contributed by atoms with Crippen molar-refractivity contribution in [3.8, 4) is 11.1 Å². The topological polar surface area (TPSA) is 3.24 Å². The predicted molar refractivity (Wildman–Crippen MR) is 104 cm³/mol. The summed E-state index contributed by atoms with van der Waals surface area (Å²) in [7, 11) is 4.24. The molecule has 0 radical (unpaired) electrons. The first-order valence-corrected chi connectivity index (χ1v) is 8.89. The molecule has 1 nitrogen and oxygen atoms in total. The Morgan fingerprint density at radius 2 is 1.67 bits per heavy atom. The number of hydrogen-bond donors (Lipinski definition) is 0. The Morgan fingerprint density at radius 1 is 0.917 bits per heavy atom. The zero-order valence-corrected chi connectivity index (χ0v) is 15.0. The van der Waals surface area contributed by atoms with E-state index < -0.39 is 0 Å². The Morgan fingerprint density at radius 3 is 2.42 bits per heavy atom. The van der Waals surface area contributed by atoms with Gasteiger partial charge in [-0.3, -0.25) is 0 Å². The van der Waals surface area contributed by atoms with Crippen LogP contribution in [0.3, 0.4) is 0 Å². The third-order valence-electron chi connectivity index (χ3n) is 5.37. The molecule has 1 unspecified atom stereocenters. The minimum Gasteiger partial charge on any atom is -0.378 e. The second-order valence-electron chi connectivity index (χ2n) is 7.40. The molecule has 0 aromatic heterocycles. The van der Waals surface area contributed by atoms with Crippen molar-refractivity contribution >= 4 is 5.69 Å². The lowest BCUT2D eigenvalue weighted by Crippen LogP contribution is -2.10. The maximum Gasteiger partial charge on any atom is 0.0364 e. The van der Waals surface area contributed by atoms with Crippen molar-refractivity contribution in [2.24, 2.45) is 5.92 Å². The van der Waals surface area contributed by atoms with Crippen molar-refractivity contribution in [1.82, 2.24) is 0 Å². The Hall–Kier alpha value is -2.28. The third-order valence-corrected chi connectivity index (χ3v) is 5.37. The SMILES string of the molecule is CC(C)C1=CCC=C1C1c2ccccc2-c2ccc(N(C)C)cc21. The largest absolute Gasteiger partial charge is 0.378 e. The molecule has 0 N–H and O–H groups in total. The van der Waals surface area contributed by atoms with E-state index in [2.05, 4.69) is 87.5 Å². The number of allylic oxidation sites excluding steroid dienone is 4. The van der Waals surface area contributed by atoms with Crippen LogP contribution in [-0.2, 0) is 0 Å². The second-order valence-corrected chi connectivity index (χ2v) is 7.40. The van der Waals surface area contributed by atoms with Gasteiger partial charge in [-0.1, -0.05) is 56.3 Å².